The van der Waals surface area contributed by atoms with E-state index in [0.717, 1.165) is 6.07 Å². The summed E-state index contributed by atoms with van der Waals surface area (Å²) >= 11 is 6.25. The number of ether oxygens (including phenoxy) is 1. The molecule has 2 N–H and O–H groups in total. The number of fused-ring (bicyclic) bond motifs is 1. The SMILES string of the molecule is CCCc1c(OCCCCn2c(O)c[nH]c2=O)c(Cl)cc2c(C(F)(F)F)cc(=O)oc12. The predicted octanol–water partition coefficient (Wildman–Crippen LogP) is 4.47. The van der Waals surface area contributed by atoms with Crippen LogP contribution in [0.2, 0.25) is 5.02 Å². The number of nitrogens with zero attached hydrogens (tertiary/aromatic N) is 1. The second-order valence-corrected chi connectivity index (χ2v) is 7.34. The first kappa shape index (κ1) is 22.8. The van der Waals surface area contributed by atoms with Gasteiger partial charge in [-0.05, 0) is 25.3 Å². The summed E-state index contributed by atoms with van der Waals surface area (Å²) in [6.45, 7) is 2.24. The monoisotopic (exact) mass is 460 g/mol. The van der Waals surface area contributed by atoms with E-state index < -0.39 is 23.1 Å². The van der Waals surface area contributed by atoms with Gasteiger partial charge in [0.1, 0.15) is 11.3 Å². The summed E-state index contributed by atoms with van der Waals surface area (Å²) in [4.78, 5) is 25.7. The van der Waals surface area contributed by atoms with Crippen molar-refractivity contribution in [2.75, 3.05) is 6.61 Å². The first-order chi connectivity index (χ1) is 14.6. The number of hydrogen-bond donors (Lipinski definition) is 2. The third-order valence-corrected chi connectivity index (χ3v) is 4.99. The highest BCUT2D eigenvalue weighted by Gasteiger charge is 2.35. The zero-order valence-electron chi connectivity index (χ0n) is 16.5. The van der Waals surface area contributed by atoms with Crippen LogP contribution in [0.15, 0.2) is 32.3 Å². The molecule has 0 spiro atoms. The van der Waals surface area contributed by atoms with E-state index in [0.29, 0.717) is 37.3 Å². The van der Waals surface area contributed by atoms with Gasteiger partial charge in [0.2, 0.25) is 5.88 Å². The van der Waals surface area contributed by atoms with Gasteiger partial charge in [-0.1, -0.05) is 24.9 Å². The molecule has 0 saturated heterocycles. The van der Waals surface area contributed by atoms with Gasteiger partial charge in [0.15, 0.2) is 0 Å². The van der Waals surface area contributed by atoms with Gasteiger partial charge >= 0.3 is 17.5 Å². The lowest BCUT2D eigenvalue weighted by Gasteiger charge is -2.17. The minimum atomic E-state index is -4.74. The molecule has 0 unspecified atom stereocenters. The fourth-order valence-electron chi connectivity index (χ4n) is 3.33. The first-order valence-corrected chi connectivity index (χ1v) is 9.97. The van der Waals surface area contributed by atoms with Crippen LogP contribution in [-0.4, -0.2) is 21.3 Å². The standard InChI is InChI=1S/C20H20ClF3N2O5/c1-2-5-11-17-12(13(20(22,23)24)9-16(28)31-17)8-14(21)18(11)30-7-4-3-6-26-15(27)10-25-19(26)29/h8-10,27H,2-7H2,1H3,(H,25,29). The van der Waals surface area contributed by atoms with Gasteiger partial charge in [-0.15, -0.1) is 0 Å². The molecule has 0 fully saturated rings. The number of hydrogen-bond acceptors (Lipinski definition) is 5. The molecule has 11 heteroatoms. The van der Waals surface area contributed by atoms with Gasteiger partial charge in [-0.25, -0.2) is 9.59 Å². The number of aromatic nitrogens is 2. The Morgan fingerprint density at radius 3 is 2.61 bits per heavy atom. The normalized spacial score (nSPS) is 11.9. The fraction of sp³-hybridized carbons (Fsp3) is 0.400. The van der Waals surface area contributed by atoms with Crippen molar-refractivity contribution in [2.24, 2.45) is 0 Å². The van der Waals surface area contributed by atoms with Crippen LogP contribution in [0.4, 0.5) is 13.2 Å². The summed E-state index contributed by atoms with van der Waals surface area (Å²) in [5, 5.41) is 9.25. The van der Waals surface area contributed by atoms with Crippen LogP contribution in [-0.2, 0) is 19.1 Å². The predicted molar refractivity (Wildman–Crippen MR) is 108 cm³/mol. The average Bonchev–Trinajstić information content (AvgIpc) is 3.00. The van der Waals surface area contributed by atoms with Crippen molar-refractivity contribution in [1.82, 2.24) is 9.55 Å². The first-order valence-electron chi connectivity index (χ1n) is 9.59. The molecule has 2 heterocycles. The molecule has 0 aliphatic carbocycles. The fourth-order valence-corrected chi connectivity index (χ4v) is 3.60. The molecule has 0 amide bonds. The molecule has 168 valence electrons. The Bertz CT molecular complexity index is 1200. The van der Waals surface area contributed by atoms with E-state index in [1.54, 1.807) is 0 Å². The van der Waals surface area contributed by atoms with Crippen LogP contribution in [0.3, 0.4) is 0 Å². The quantitative estimate of drug-likeness (QED) is 0.382. The Morgan fingerprint density at radius 1 is 1.26 bits per heavy atom. The maximum atomic E-state index is 13.4. The maximum absolute atomic E-state index is 13.4. The summed E-state index contributed by atoms with van der Waals surface area (Å²) in [6, 6.07) is 1.50. The molecule has 0 radical (unpaired) electrons. The van der Waals surface area contributed by atoms with Gasteiger partial charge in [-0.2, -0.15) is 13.2 Å². The van der Waals surface area contributed by atoms with Gasteiger partial charge in [0.05, 0.1) is 23.4 Å². The highest BCUT2D eigenvalue weighted by Crippen LogP contribution is 2.41. The number of imidazole rings is 1. The molecule has 3 rings (SSSR count). The van der Waals surface area contributed by atoms with Crippen LogP contribution >= 0.6 is 11.6 Å². The Morgan fingerprint density at radius 2 is 2.00 bits per heavy atom. The third kappa shape index (κ3) is 4.90. The number of H-pyrrole nitrogens is 1. The van der Waals surface area contributed by atoms with E-state index in [2.05, 4.69) is 4.98 Å². The van der Waals surface area contributed by atoms with E-state index in [4.69, 9.17) is 20.8 Å². The molecule has 31 heavy (non-hydrogen) atoms. The van der Waals surface area contributed by atoms with Crippen molar-refractivity contribution < 1.29 is 27.4 Å². The van der Waals surface area contributed by atoms with E-state index >= 15 is 0 Å². The Labute approximate surface area is 179 Å². The van der Waals surface area contributed by atoms with Gasteiger partial charge in [0, 0.05) is 23.6 Å². The average molecular weight is 461 g/mol. The molecule has 1 aromatic carbocycles. The van der Waals surface area contributed by atoms with Crippen molar-refractivity contribution in [3.05, 3.63) is 55.4 Å². The van der Waals surface area contributed by atoms with Crippen LogP contribution in [0.1, 0.15) is 37.3 Å². The second kappa shape index (κ2) is 9.09. The lowest BCUT2D eigenvalue weighted by Crippen LogP contribution is -2.17. The number of benzene rings is 1. The van der Waals surface area contributed by atoms with E-state index in [9.17, 15) is 27.9 Å². The highest BCUT2D eigenvalue weighted by molar-refractivity contribution is 6.33. The van der Waals surface area contributed by atoms with Crippen LogP contribution in [0, 0.1) is 0 Å². The van der Waals surface area contributed by atoms with Crippen molar-refractivity contribution >= 4 is 22.6 Å². The lowest BCUT2D eigenvalue weighted by molar-refractivity contribution is -0.136. The Hall–Kier alpha value is -2.88. The minimum absolute atomic E-state index is 0.0187. The number of alkyl halides is 3. The van der Waals surface area contributed by atoms with Crippen LogP contribution in [0.25, 0.3) is 11.0 Å². The number of aromatic amines is 1. The zero-order chi connectivity index (χ0) is 22.8. The second-order valence-electron chi connectivity index (χ2n) is 6.93. The number of halogens is 4. The number of aromatic hydroxyl groups is 1. The molecule has 0 atom stereocenters. The van der Waals surface area contributed by atoms with Gasteiger partial charge < -0.3 is 19.2 Å². The minimum Gasteiger partial charge on any atom is -0.493 e. The smallest absolute Gasteiger partial charge is 0.417 e. The van der Waals surface area contributed by atoms with Crippen LogP contribution in [0.5, 0.6) is 11.6 Å². The summed E-state index contributed by atoms with van der Waals surface area (Å²) < 4.78 is 52.3. The van der Waals surface area contributed by atoms with Crippen LogP contribution < -0.4 is 16.1 Å². The van der Waals surface area contributed by atoms with E-state index in [-0.39, 0.29) is 40.8 Å². The molecule has 0 aliphatic rings. The molecular weight excluding hydrogens is 441 g/mol. The largest absolute Gasteiger partial charge is 0.493 e. The highest BCUT2D eigenvalue weighted by atomic mass is 35.5. The molecule has 7 nitrogen and oxygen atoms in total. The van der Waals surface area contributed by atoms with Gasteiger partial charge in [0.25, 0.3) is 0 Å². The summed E-state index contributed by atoms with van der Waals surface area (Å²) in [6.07, 6.45) is -1.74. The lowest BCUT2D eigenvalue weighted by atomic mass is 10.0. The summed E-state index contributed by atoms with van der Waals surface area (Å²) in [5.74, 6) is -0.00984. The number of rotatable bonds is 8. The third-order valence-electron chi connectivity index (χ3n) is 4.71. The maximum Gasteiger partial charge on any atom is 0.417 e. The molecule has 3 aromatic rings. The van der Waals surface area contributed by atoms with Crippen molar-refractivity contribution in [3.63, 3.8) is 0 Å². The molecular formula is C20H20ClF3N2O5. The van der Waals surface area contributed by atoms with Crippen molar-refractivity contribution in [1.29, 1.82) is 0 Å². The Balaban J connectivity index is 1.86. The van der Waals surface area contributed by atoms with Crippen molar-refractivity contribution in [3.8, 4) is 11.6 Å². The van der Waals surface area contributed by atoms with Crippen molar-refractivity contribution in [2.45, 2.75) is 45.3 Å². The summed E-state index contributed by atoms with van der Waals surface area (Å²) in [5.41, 5.74) is -2.54. The number of unbranched alkanes of at least 4 members (excludes halogenated alkanes) is 1. The van der Waals surface area contributed by atoms with E-state index in [1.807, 2.05) is 6.92 Å². The van der Waals surface area contributed by atoms with E-state index in [1.165, 1.54) is 10.8 Å². The Kier molecular flexibility index (Phi) is 6.68. The number of nitrogens with one attached hydrogen (secondary N) is 1. The molecule has 0 bridgehead atoms. The number of aryl methyl sites for hydroxylation is 1. The van der Waals surface area contributed by atoms with Gasteiger partial charge in [-0.3, -0.25) is 4.57 Å². The molecule has 0 aliphatic heterocycles. The summed E-state index contributed by atoms with van der Waals surface area (Å²) in [7, 11) is 0. The topological polar surface area (TPSA) is 97.5 Å². The molecule has 0 saturated carbocycles. The molecule has 2 aromatic heterocycles. The zero-order valence-corrected chi connectivity index (χ0v) is 17.3.